The van der Waals surface area contributed by atoms with Crippen LogP contribution in [0.2, 0.25) is 0 Å². The number of hydrogen-bond donors (Lipinski definition) is 0. The zero-order valence-corrected chi connectivity index (χ0v) is 12.2. The van der Waals surface area contributed by atoms with Crippen LogP contribution in [0.15, 0.2) is 23.8 Å². The van der Waals surface area contributed by atoms with E-state index in [9.17, 15) is 26.7 Å². The number of carbonyl (C=O) groups excluding carboxylic acids is 1. The van der Waals surface area contributed by atoms with Crippen LogP contribution in [0.25, 0.3) is 6.08 Å². The first-order chi connectivity index (χ1) is 10.5. The Bertz CT molecular complexity index is 643. The number of benzene rings is 1. The monoisotopic (exact) mass is 336 g/mol. The summed E-state index contributed by atoms with van der Waals surface area (Å²) in [5.74, 6) is -4.60. The Balaban J connectivity index is 2.52. The van der Waals surface area contributed by atoms with Gasteiger partial charge in [-0.05, 0) is 31.2 Å². The van der Waals surface area contributed by atoms with E-state index >= 15 is 0 Å². The Kier molecular flexibility index (Phi) is 4.37. The molecule has 23 heavy (non-hydrogen) atoms. The van der Waals surface area contributed by atoms with E-state index in [4.69, 9.17) is 4.74 Å². The number of alkyl halides is 5. The van der Waals surface area contributed by atoms with Gasteiger partial charge in [0.05, 0.1) is 12.2 Å². The number of hydrogen-bond acceptors (Lipinski definition) is 3. The first-order valence-corrected chi connectivity index (χ1v) is 6.68. The van der Waals surface area contributed by atoms with Crippen molar-refractivity contribution in [1.82, 2.24) is 0 Å². The van der Waals surface area contributed by atoms with E-state index in [-0.39, 0.29) is 17.9 Å². The number of rotatable bonds is 3. The second-order valence-electron chi connectivity index (χ2n) is 5.00. The van der Waals surface area contributed by atoms with Crippen molar-refractivity contribution >= 4 is 12.0 Å². The fourth-order valence-corrected chi connectivity index (χ4v) is 2.10. The van der Waals surface area contributed by atoms with Gasteiger partial charge < -0.3 is 9.47 Å². The highest BCUT2D eigenvalue weighted by Crippen LogP contribution is 2.39. The van der Waals surface area contributed by atoms with E-state index in [1.165, 1.54) is 6.92 Å². The van der Waals surface area contributed by atoms with Crippen molar-refractivity contribution in [3.63, 3.8) is 0 Å². The lowest BCUT2D eigenvalue weighted by molar-refractivity contribution is -0.187. The van der Waals surface area contributed by atoms with E-state index in [1.807, 2.05) is 0 Å². The lowest BCUT2D eigenvalue weighted by Gasteiger charge is -2.28. The number of ether oxygens (including phenoxy) is 2. The standard InChI is InChI=1S/C15H13F5O3/c1-3-22-13(21)10-7-8-6-9(14(2,16)17)4-5-11(8)23-12(10)15(18,19)20/h4-7,12H,3H2,1-2H3. The van der Waals surface area contributed by atoms with Crippen molar-refractivity contribution in [2.24, 2.45) is 0 Å². The molecule has 0 aromatic heterocycles. The van der Waals surface area contributed by atoms with Gasteiger partial charge in [-0.25, -0.2) is 13.6 Å². The Labute approximate surface area is 128 Å². The molecule has 0 bridgehead atoms. The van der Waals surface area contributed by atoms with E-state index < -0.39 is 35.3 Å². The lowest BCUT2D eigenvalue weighted by Crippen LogP contribution is -2.40. The maximum Gasteiger partial charge on any atom is 0.430 e. The molecule has 0 amide bonds. The molecule has 0 saturated heterocycles. The normalized spacial score (nSPS) is 17.9. The van der Waals surface area contributed by atoms with Crippen molar-refractivity contribution in [3.05, 3.63) is 34.9 Å². The number of fused-ring (bicyclic) bond motifs is 1. The van der Waals surface area contributed by atoms with Crippen molar-refractivity contribution in [3.8, 4) is 5.75 Å². The maximum atomic E-state index is 13.3. The third-order valence-electron chi connectivity index (χ3n) is 3.16. The fraction of sp³-hybridized carbons (Fsp3) is 0.400. The molecule has 2 rings (SSSR count). The summed E-state index contributed by atoms with van der Waals surface area (Å²) < 4.78 is 75.2. The second-order valence-corrected chi connectivity index (χ2v) is 5.00. The van der Waals surface area contributed by atoms with Crippen LogP contribution in [0.1, 0.15) is 25.0 Å². The Morgan fingerprint density at radius 2 is 1.91 bits per heavy atom. The zero-order valence-electron chi connectivity index (χ0n) is 12.2. The molecular weight excluding hydrogens is 323 g/mol. The molecule has 1 aromatic rings. The molecule has 1 aliphatic heterocycles. The van der Waals surface area contributed by atoms with Gasteiger partial charge in [-0.1, -0.05) is 0 Å². The highest BCUT2D eigenvalue weighted by atomic mass is 19.4. The Morgan fingerprint density at radius 3 is 2.43 bits per heavy atom. The minimum atomic E-state index is -4.84. The van der Waals surface area contributed by atoms with Gasteiger partial charge >= 0.3 is 12.1 Å². The van der Waals surface area contributed by atoms with Crippen molar-refractivity contribution < 1.29 is 36.2 Å². The molecule has 0 aliphatic carbocycles. The molecule has 1 aromatic carbocycles. The maximum absolute atomic E-state index is 13.3. The van der Waals surface area contributed by atoms with Gasteiger partial charge in [-0.15, -0.1) is 0 Å². The smallest absolute Gasteiger partial charge is 0.430 e. The predicted octanol–water partition coefficient (Wildman–Crippen LogP) is 4.07. The summed E-state index contributed by atoms with van der Waals surface area (Å²) in [6, 6.07) is 3.00. The molecule has 0 radical (unpaired) electrons. The van der Waals surface area contributed by atoms with Gasteiger partial charge in [0.25, 0.3) is 5.92 Å². The van der Waals surface area contributed by atoms with Crippen LogP contribution >= 0.6 is 0 Å². The minimum absolute atomic E-state index is 0.0346. The van der Waals surface area contributed by atoms with Gasteiger partial charge in [-0.3, -0.25) is 0 Å². The SMILES string of the molecule is CCOC(=O)C1=Cc2cc(C(C)(F)F)ccc2OC1C(F)(F)F. The van der Waals surface area contributed by atoms with E-state index in [1.54, 1.807) is 0 Å². The quantitative estimate of drug-likeness (QED) is 0.617. The molecule has 0 spiro atoms. The van der Waals surface area contributed by atoms with Crippen LogP contribution in [-0.2, 0) is 15.5 Å². The first-order valence-electron chi connectivity index (χ1n) is 6.68. The zero-order chi connectivity index (χ0) is 17.4. The molecule has 126 valence electrons. The topological polar surface area (TPSA) is 35.5 Å². The molecule has 1 heterocycles. The summed E-state index contributed by atoms with van der Waals surface area (Å²) in [5.41, 5.74) is -1.21. The molecule has 1 atom stereocenters. The molecule has 0 fully saturated rings. The Morgan fingerprint density at radius 1 is 1.26 bits per heavy atom. The van der Waals surface area contributed by atoms with E-state index in [2.05, 4.69) is 4.74 Å². The molecule has 8 heteroatoms. The molecule has 0 saturated carbocycles. The van der Waals surface area contributed by atoms with Gasteiger partial charge in [-0.2, -0.15) is 13.2 Å². The summed E-state index contributed by atoms with van der Waals surface area (Å²) in [6.07, 6.45) is -6.46. The molecular formula is C15H13F5O3. The number of halogens is 5. The van der Waals surface area contributed by atoms with Crippen LogP contribution in [0.3, 0.4) is 0 Å². The predicted molar refractivity (Wildman–Crippen MR) is 71.1 cm³/mol. The average molecular weight is 336 g/mol. The number of esters is 1. The molecule has 1 aliphatic rings. The van der Waals surface area contributed by atoms with Crippen LogP contribution in [-0.4, -0.2) is 24.9 Å². The third-order valence-corrected chi connectivity index (χ3v) is 3.16. The fourth-order valence-electron chi connectivity index (χ4n) is 2.10. The van der Waals surface area contributed by atoms with Gasteiger partial charge in [0.15, 0.2) is 0 Å². The molecule has 0 N–H and O–H groups in total. The second kappa shape index (κ2) is 5.82. The molecule has 1 unspecified atom stereocenters. The van der Waals surface area contributed by atoms with Crippen LogP contribution < -0.4 is 4.74 Å². The average Bonchev–Trinajstić information content (AvgIpc) is 2.43. The number of carbonyl (C=O) groups is 1. The summed E-state index contributed by atoms with van der Waals surface area (Å²) in [5, 5.41) is 0. The van der Waals surface area contributed by atoms with Crippen LogP contribution in [0, 0.1) is 0 Å². The van der Waals surface area contributed by atoms with Gasteiger partial charge in [0.2, 0.25) is 6.10 Å². The highest BCUT2D eigenvalue weighted by molar-refractivity contribution is 5.96. The highest BCUT2D eigenvalue weighted by Gasteiger charge is 2.49. The van der Waals surface area contributed by atoms with Gasteiger partial charge in [0, 0.05) is 18.1 Å². The third kappa shape index (κ3) is 3.62. The van der Waals surface area contributed by atoms with Gasteiger partial charge in [0.1, 0.15) is 5.75 Å². The van der Waals surface area contributed by atoms with Crippen LogP contribution in [0.4, 0.5) is 22.0 Å². The molecule has 3 nitrogen and oxygen atoms in total. The van der Waals surface area contributed by atoms with Crippen LogP contribution in [0.5, 0.6) is 5.75 Å². The first kappa shape index (κ1) is 17.2. The van der Waals surface area contributed by atoms with Crippen molar-refractivity contribution in [2.75, 3.05) is 6.61 Å². The Hall–Kier alpha value is -2.12. The summed E-state index contributed by atoms with van der Waals surface area (Å²) in [7, 11) is 0. The largest absolute Gasteiger partial charge is 0.475 e. The van der Waals surface area contributed by atoms with E-state index in [0.717, 1.165) is 24.3 Å². The lowest BCUT2D eigenvalue weighted by atomic mass is 9.98. The minimum Gasteiger partial charge on any atom is -0.475 e. The summed E-state index contributed by atoms with van der Waals surface area (Å²) in [4.78, 5) is 11.7. The van der Waals surface area contributed by atoms with E-state index in [0.29, 0.717) is 6.92 Å². The van der Waals surface area contributed by atoms with Crippen molar-refractivity contribution in [2.45, 2.75) is 32.1 Å². The summed E-state index contributed by atoms with van der Waals surface area (Å²) in [6.45, 7) is 1.97. The summed E-state index contributed by atoms with van der Waals surface area (Å²) >= 11 is 0. The van der Waals surface area contributed by atoms with Crippen molar-refractivity contribution in [1.29, 1.82) is 0 Å².